The lowest BCUT2D eigenvalue weighted by atomic mass is 9.98. The maximum Gasteiger partial charge on any atom is 0.407 e. The fraction of sp³-hybridized carbons (Fsp3) is 0.192. The van der Waals surface area contributed by atoms with Gasteiger partial charge in [-0.05, 0) is 33.4 Å². The van der Waals surface area contributed by atoms with Crippen molar-refractivity contribution in [3.8, 4) is 11.1 Å². The summed E-state index contributed by atoms with van der Waals surface area (Å²) in [7, 11) is 0. The Labute approximate surface area is 191 Å². The predicted octanol–water partition coefficient (Wildman–Crippen LogP) is 3.25. The van der Waals surface area contributed by atoms with Crippen molar-refractivity contribution in [2.24, 2.45) is 5.73 Å². The molecule has 0 fully saturated rings. The first-order chi connectivity index (χ1) is 15.9. The van der Waals surface area contributed by atoms with Crippen LogP contribution in [0.25, 0.3) is 11.1 Å². The summed E-state index contributed by atoms with van der Waals surface area (Å²) in [5, 5.41) is 12.0. The molecule has 3 aromatic rings. The average molecular weight is 444 g/mol. The number of carbonyl (C=O) groups excluding carboxylic acids is 2. The number of rotatable bonds is 8. The molecule has 0 aliphatic heterocycles. The zero-order valence-corrected chi connectivity index (χ0v) is 17.9. The zero-order valence-electron chi connectivity index (χ0n) is 17.9. The zero-order chi connectivity index (χ0) is 23.4. The summed E-state index contributed by atoms with van der Waals surface area (Å²) in [5.74, 6) is -1.71. The van der Waals surface area contributed by atoms with Gasteiger partial charge in [-0.1, -0.05) is 72.8 Å². The molecule has 168 valence electrons. The number of carboxylic acid groups (broad SMARTS) is 1. The molecule has 4 N–H and O–H groups in total. The van der Waals surface area contributed by atoms with Gasteiger partial charge < -0.3 is 20.9 Å². The second-order valence-electron chi connectivity index (χ2n) is 8.02. The number of nitrogens with one attached hydrogen (secondary N) is 1. The van der Waals surface area contributed by atoms with Crippen LogP contribution in [0, 0.1) is 0 Å². The smallest absolute Gasteiger partial charge is 0.407 e. The molecule has 1 aliphatic carbocycles. The first-order valence-corrected chi connectivity index (χ1v) is 10.6. The lowest BCUT2D eigenvalue weighted by molar-refractivity contribution is -0.139. The molecule has 7 heteroatoms. The predicted molar refractivity (Wildman–Crippen MR) is 123 cm³/mol. The second-order valence-corrected chi connectivity index (χ2v) is 8.02. The summed E-state index contributed by atoms with van der Waals surface area (Å²) in [4.78, 5) is 35.2. The van der Waals surface area contributed by atoms with Crippen LogP contribution in [0.3, 0.4) is 0 Å². The Morgan fingerprint density at radius 3 is 1.97 bits per heavy atom. The number of fused-ring (bicyclic) bond motifs is 3. The molecule has 4 rings (SSSR count). The van der Waals surface area contributed by atoms with Gasteiger partial charge in [0.15, 0.2) is 0 Å². The van der Waals surface area contributed by atoms with Crippen molar-refractivity contribution in [1.82, 2.24) is 5.32 Å². The SMILES string of the molecule is NC(=O)Cc1ccc(C[C@H](NC(=O)OCC2c3ccccc3-c3ccccc32)C(=O)O)cc1. The number of benzene rings is 3. The molecule has 0 spiro atoms. The Morgan fingerprint density at radius 2 is 1.42 bits per heavy atom. The Bertz CT molecular complexity index is 1140. The molecule has 0 aromatic heterocycles. The Morgan fingerprint density at radius 1 is 0.879 bits per heavy atom. The van der Waals surface area contributed by atoms with Gasteiger partial charge in [0.25, 0.3) is 0 Å². The van der Waals surface area contributed by atoms with Crippen molar-refractivity contribution in [2.45, 2.75) is 24.8 Å². The van der Waals surface area contributed by atoms with E-state index in [2.05, 4.69) is 5.32 Å². The number of nitrogens with two attached hydrogens (primary N) is 1. The van der Waals surface area contributed by atoms with Gasteiger partial charge in [-0.15, -0.1) is 0 Å². The van der Waals surface area contributed by atoms with Crippen molar-refractivity contribution in [3.05, 3.63) is 95.1 Å². The van der Waals surface area contributed by atoms with E-state index in [0.717, 1.165) is 27.8 Å². The highest BCUT2D eigenvalue weighted by atomic mass is 16.5. The number of carbonyl (C=O) groups is 3. The van der Waals surface area contributed by atoms with Gasteiger partial charge in [0.1, 0.15) is 12.6 Å². The number of primary amides is 1. The van der Waals surface area contributed by atoms with E-state index in [-0.39, 0.29) is 25.4 Å². The molecule has 3 aromatic carbocycles. The normalized spacial score (nSPS) is 13.0. The van der Waals surface area contributed by atoms with E-state index in [4.69, 9.17) is 10.5 Å². The minimum atomic E-state index is -1.16. The van der Waals surface area contributed by atoms with Crippen molar-refractivity contribution in [3.63, 3.8) is 0 Å². The number of hydrogen-bond acceptors (Lipinski definition) is 4. The lowest BCUT2D eigenvalue weighted by Gasteiger charge is -2.17. The topological polar surface area (TPSA) is 119 Å². The van der Waals surface area contributed by atoms with Crippen LogP contribution >= 0.6 is 0 Å². The molecule has 0 radical (unpaired) electrons. The fourth-order valence-electron chi connectivity index (χ4n) is 4.21. The molecule has 0 saturated carbocycles. The number of amides is 2. The van der Waals surface area contributed by atoms with Crippen LogP contribution < -0.4 is 11.1 Å². The highest BCUT2D eigenvalue weighted by molar-refractivity contribution is 5.81. The van der Waals surface area contributed by atoms with Gasteiger partial charge in [-0.2, -0.15) is 0 Å². The van der Waals surface area contributed by atoms with Gasteiger partial charge in [-0.3, -0.25) is 4.79 Å². The standard InChI is InChI=1S/C26H24N2O5/c27-24(29)14-17-11-9-16(10-12-17)13-23(25(30)31)28-26(32)33-15-22-20-7-3-1-5-18(20)19-6-2-4-8-21(19)22/h1-12,22-23H,13-15H2,(H2,27,29)(H,28,32)(H,30,31)/t23-/m0/s1. The van der Waals surface area contributed by atoms with E-state index >= 15 is 0 Å². The maximum atomic E-state index is 12.5. The fourth-order valence-corrected chi connectivity index (χ4v) is 4.21. The molecule has 7 nitrogen and oxygen atoms in total. The van der Waals surface area contributed by atoms with Gasteiger partial charge >= 0.3 is 12.1 Å². The van der Waals surface area contributed by atoms with Crippen LogP contribution in [-0.4, -0.2) is 35.7 Å². The van der Waals surface area contributed by atoms with Gasteiger partial charge in [0.05, 0.1) is 6.42 Å². The van der Waals surface area contributed by atoms with E-state index in [9.17, 15) is 19.5 Å². The highest BCUT2D eigenvalue weighted by Gasteiger charge is 2.29. The number of ether oxygens (including phenoxy) is 1. The van der Waals surface area contributed by atoms with Crippen LogP contribution in [0.4, 0.5) is 4.79 Å². The summed E-state index contributed by atoms with van der Waals surface area (Å²) >= 11 is 0. The third kappa shape index (κ3) is 5.03. The molecule has 0 unspecified atom stereocenters. The summed E-state index contributed by atoms with van der Waals surface area (Å²) in [5.41, 5.74) is 11.0. The van der Waals surface area contributed by atoms with Crippen molar-refractivity contribution in [1.29, 1.82) is 0 Å². The summed E-state index contributed by atoms with van der Waals surface area (Å²) < 4.78 is 5.46. The van der Waals surface area contributed by atoms with E-state index in [1.54, 1.807) is 24.3 Å². The molecule has 33 heavy (non-hydrogen) atoms. The van der Waals surface area contributed by atoms with Gasteiger partial charge in [-0.25, -0.2) is 9.59 Å². The van der Waals surface area contributed by atoms with E-state index in [0.29, 0.717) is 5.56 Å². The molecule has 0 saturated heterocycles. The Hall–Kier alpha value is -4.13. The second kappa shape index (κ2) is 9.56. The van der Waals surface area contributed by atoms with Crippen molar-refractivity contribution in [2.75, 3.05) is 6.61 Å². The quantitative estimate of drug-likeness (QED) is 0.493. The molecule has 0 heterocycles. The first kappa shape index (κ1) is 22.1. The third-order valence-electron chi connectivity index (χ3n) is 5.78. The van der Waals surface area contributed by atoms with Crippen LogP contribution in [0.5, 0.6) is 0 Å². The van der Waals surface area contributed by atoms with Gasteiger partial charge in [0.2, 0.25) is 5.91 Å². The first-order valence-electron chi connectivity index (χ1n) is 10.6. The lowest BCUT2D eigenvalue weighted by Crippen LogP contribution is -2.42. The number of carboxylic acids is 1. The molecule has 2 amide bonds. The molecule has 1 atom stereocenters. The maximum absolute atomic E-state index is 12.5. The summed E-state index contributed by atoms with van der Waals surface area (Å²) in [6.07, 6.45) is -0.591. The van der Waals surface area contributed by atoms with Crippen molar-refractivity contribution >= 4 is 18.0 Å². The molecule has 0 bridgehead atoms. The largest absolute Gasteiger partial charge is 0.480 e. The monoisotopic (exact) mass is 444 g/mol. The minimum absolute atomic E-state index is 0.0797. The van der Waals surface area contributed by atoms with Crippen LogP contribution in [0.1, 0.15) is 28.2 Å². The Balaban J connectivity index is 1.39. The number of hydrogen-bond donors (Lipinski definition) is 3. The van der Waals surface area contributed by atoms with Crippen LogP contribution in [0.15, 0.2) is 72.8 Å². The number of alkyl carbamates (subject to hydrolysis) is 1. The van der Waals surface area contributed by atoms with E-state index in [1.165, 1.54) is 0 Å². The number of aliphatic carboxylic acids is 1. The van der Waals surface area contributed by atoms with Crippen LogP contribution in [0.2, 0.25) is 0 Å². The summed E-state index contributed by atoms with van der Waals surface area (Å²) in [6, 6.07) is 21.7. The highest BCUT2D eigenvalue weighted by Crippen LogP contribution is 2.44. The van der Waals surface area contributed by atoms with E-state index < -0.39 is 24.0 Å². The van der Waals surface area contributed by atoms with Crippen LogP contribution in [-0.2, 0) is 27.2 Å². The third-order valence-corrected chi connectivity index (χ3v) is 5.78. The summed E-state index contributed by atoms with van der Waals surface area (Å²) in [6.45, 7) is 0.105. The average Bonchev–Trinajstić information content (AvgIpc) is 3.12. The molecule has 1 aliphatic rings. The Kier molecular flexibility index (Phi) is 6.40. The minimum Gasteiger partial charge on any atom is -0.480 e. The van der Waals surface area contributed by atoms with E-state index in [1.807, 2.05) is 48.5 Å². The van der Waals surface area contributed by atoms with Gasteiger partial charge in [0, 0.05) is 12.3 Å². The molecular weight excluding hydrogens is 420 g/mol. The van der Waals surface area contributed by atoms with Crippen molar-refractivity contribution < 1.29 is 24.2 Å². The molecular formula is C26H24N2O5.